The molecule has 5 nitrogen and oxygen atoms in total. The number of fused-ring (bicyclic) bond motifs is 1. The van der Waals surface area contributed by atoms with Crippen LogP contribution in [0.4, 0.5) is 0 Å². The first-order valence-corrected chi connectivity index (χ1v) is 8.81. The number of imide groups is 1. The number of amides is 3. The van der Waals surface area contributed by atoms with E-state index < -0.39 is 0 Å². The van der Waals surface area contributed by atoms with Crippen molar-refractivity contribution >= 4 is 29.3 Å². The van der Waals surface area contributed by atoms with Crippen molar-refractivity contribution in [1.82, 2.24) is 10.2 Å². The molecule has 1 heterocycles. The van der Waals surface area contributed by atoms with Gasteiger partial charge in [-0.05, 0) is 24.5 Å². The van der Waals surface area contributed by atoms with E-state index in [-0.39, 0.29) is 42.5 Å². The maximum Gasteiger partial charge on any atom is 0.233 e. The molecule has 3 amide bonds. The van der Waals surface area contributed by atoms with Gasteiger partial charge in [0.05, 0.1) is 11.8 Å². The van der Waals surface area contributed by atoms with Gasteiger partial charge in [0.15, 0.2) is 0 Å². The Hall–Kier alpha value is -1.88. The number of carbonyl (C=O) groups excluding carboxylic acids is 3. The molecule has 0 bridgehead atoms. The van der Waals surface area contributed by atoms with Crippen LogP contribution in [0.15, 0.2) is 24.3 Å². The molecule has 3 rings (SSSR count). The van der Waals surface area contributed by atoms with E-state index in [0.717, 1.165) is 31.2 Å². The number of carbonyl (C=O) groups is 3. The molecule has 2 atom stereocenters. The summed E-state index contributed by atoms with van der Waals surface area (Å²) in [5.74, 6) is -0.688. The van der Waals surface area contributed by atoms with Gasteiger partial charge in [0.25, 0.3) is 0 Å². The lowest BCUT2D eigenvalue weighted by molar-refractivity contribution is -0.140. The monoisotopic (exact) mass is 348 g/mol. The highest BCUT2D eigenvalue weighted by molar-refractivity contribution is 6.31. The van der Waals surface area contributed by atoms with Crippen molar-refractivity contribution in [2.24, 2.45) is 11.8 Å². The number of halogens is 1. The van der Waals surface area contributed by atoms with E-state index in [9.17, 15) is 14.4 Å². The Labute approximate surface area is 146 Å². The first-order valence-electron chi connectivity index (χ1n) is 8.43. The van der Waals surface area contributed by atoms with Crippen molar-refractivity contribution < 1.29 is 14.4 Å². The molecule has 1 aliphatic heterocycles. The molecule has 1 saturated heterocycles. The lowest BCUT2D eigenvalue weighted by Gasteiger charge is -2.19. The van der Waals surface area contributed by atoms with Crippen LogP contribution in [0.3, 0.4) is 0 Å². The highest BCUT2D eigenvalue weighted by atomic mass is 35.5. The van der Waals surface area contributed by atoms with E-state index in [0.29, 0.717) is 11.6 Å². The molecule has 0 spiro atoms. The Balaban J connectivity index is 1.50. The minimum atomic E-state index is -0.189. The maximum atomic E-state index is 12.3. The largest absolute Gasteiger partial charge is 0.352 e. The molecule has 1 aromatic carbocycles. The fourth-order valence-electron chi connectivity index (χ4n) is 3.59. The van der Waals surface area contributed by atoms with Gasteiger partial charge in [-0.15, -0.1) is 0 Å². The van der Waals surface area contributed by atoms with E-state index in [1.54, 1.807) is 6.07 Å². The molecule has 2 fully saturated rings. The van der Waals surface area contributed by atoms with Crippen LogP contribution in [0.5, 0.6) is 0 Å². The van der Waals surface area contributed by atoms with Gasteiger partial charge in [-0.1, -0.05) is 42.6 Å². The van der Waals surface area contributed by atoms with Gasteiger partial charge < -0.3 is 5.32 Å². The van der Waals surface area contributed by atoms with Crippen LogP contribution in [0.2, 0.25) is 5.02 Å². The molecular weight excluding hydrogens is 328 g/mol. The summed E-state index contributed by atoms with van der Waals surface area (Å²) in [7, 11) is 0. The van der Waals surface area contributed by atoms with Crippen molar-refractivity contribution in [3.05, 3.63) is 34.9 Å². The third-order valence-corrected chi connectivity index (χ3v) is 5.30. The maximum absolute atomic E-state index is 12.3. The van der Waals surface area contributed by atoms with Crippen LogP contribution >= 0.6 is 11.6 Å². The van der Waals surface area contributed by atoms with Crippen molar-refractivity contribution in [3.63, 3.8) is 0 Å². The summed E-state index contributed by atoms with van der Waals surface area (Å²) in [5, 5.41) is 3.39. The van der Waals surface area contributed by atoms with Crippen LogP contribution in [-0.4, -0.2) is 29.2 Å². The van der Waals surface area contributed by atoms with Gasteiger partial charge in [-0.2, -0.15) is 0 Å². The Morgan fingerprint density at radius 2 is 1.75 bits per heavy atom. The summed E-state index contributed by atoms with van der Waals surface area (Å²) in [6, 6.07) is 7.31. The molecule has 6 heteroatoms. The van der Waals surface area contributed by atoms with Crippen molar-refractivity contribution in [1.29, 1.82) is 0 Å². The Morgan fingerprint density at radius 3 is 2.38 bits per heavy atom. The fraction of sp³-hybridized carbons (Fsp3) is 0.500. The van der Waals surface area contributed by atoms with Crippen molar-refractivity contribution in [2.75, 3.05) is 6.54 Å². The second-order valence-corrected chi connectivity index (χ2v) is 6.85. The van der Waals surface area contributed by atoms with Gasteiger partial charge in [-0.3, -0.25) is 19.3 Å². The van der Waals surface area contributed by atoms with E-state index >= 15 is 0 Å². The second-order valence-electron chi connectivity index (χ2n) is 6.44. The zero-order valence-corrected chi connectivity index (χ0v) is 14.2. The molecule has 128 valence electrons. The van der Waals surface area contributed by atoms with E-state index in [2.05, 4.69) is 5.32 Å². The van der Waals surface area contributed by atoms with Crippen LogP contribution in [0.25, 0.3) is 0 Å². The lowest BCUT2D eigenvalue weighted by Crippen LogP contribution is -2.35. The van der Waals surface area contributed by atoms with Gasteiger partial charge in [0, 0.05) is 24.5 Å². The average Bonchev–Trinajstić information content (AvgIpc) is 2.84. The highest BCUT2D eigenvalue weighted by Crippen LogP contribution is 2.37. The van der Waals surface area contributed by atoms with Crippen LogP contribution in [-0.2, 0) is 20.9 Å². The molecule has 1 aliphatic carbocycles. The van der Waals surface area contributed by atoms with Crippen molar-refractivity contribution in [2.45, 2.75) is 38.6 Å². The smallest absolute Gasteiger partial charge is 0.233 e. The minimum Gasteiger partial charge on any atom is -0.352 e. The summed E-state index contributed by atoms with van der Waals surface area (Å²) in [6.45, 7) is 0.505. The molecule has 1 aromatic rings. The number of hydrogen-bond acceptors (Lipinski definition) is 3. The standard InChI is InChI=1S/C18H21ClN2O3/c19-15-8-4-1-5-12(15)11-20-16(22)9-10-21-17(23)13-6-2-3-7-14(13)18(21)24/h1,4-5,8,13-14H,2-3,6-7,9-11H2,(H,20,22)/t13-,14-/m0/s1. The summed E-state index contributed by atoms with van der Waals surface area (Å²) in [4.78, 5) is 38.0. The molecule has 2 aliphatic rings. The van der Waals surface area contributed by atoms with Gasteiger partial charge in [-0.25, -0.2) is 0 Å². The molecule has 0 aromatic heterocycles. The summed E-state index contributed by atoms with van der Waals surface area (Å²) >= 11 is 6.05. The number of nitrogens with one attached hydrogen (secondary N) is 1. The third-order valence-electron chi connectivity index (χ3n) is 4.93. The van der Waals surface area contributed by atoms with E-state index in [1.165, 1.54) is 4.90 Å². The van der Waals surface area contributed by atoms with Crippen LogP contribution < -0.4 is 5.32 Å². The third kappa shape index (κ3) is 3.46. The predicted octanol–water partition coefficient (Wildman–Crippen LogP) is 2.52. The number of hydrogen-bond donors (Lipinski definition) is 1. The zero-order valence-electron chi connectivity index (χ0n) is 13.5. The first-order chi connectivity index (χ1) is 11.6. The summed E-state index contributed by atoms with van der Waals surface area (Å²) in [5.41, 5.74) is 0.840. The number of nitrogens with zero attached hydrogens (tertiary/aromatic N) is 1. The molecule has 0 radical (unpaired) electrons. The quantitative estimate of drug-likeness (QED) is 0.831. The predicted molar refractivity (Wildman–Crippen MR) is 90.1 cm³/mol. The summed E-state index contributed by atoms with van der Waals surface area (Å²) in [6.07, 6.45) is 3.73. The topological polar surface area (TPSA) is 66.5 Å². The molecule has 0 unspecified atom stereocenters. The molecule has 1 N–H and O–H groups in total. The molecule has 24 heavy (non-hydrogen) atoms. The Bertz CT molecular complexity index is 637. The van der Waals surface area contributed by atoms with Gasteiger partial charge in [0.2, 0.25) is 17.7 Å². The zero-order chi connectivity index (χ0) is 17.1. The van der Waals surface area contributed by atoms with Gasteiger partial charge >= 0.3 is 0 Å². The average molecular weight is 349 g/mol. The fourth-order valence-corrected chi connectivity index (χ4v) is 3.79. The van der Waals surface area contributed by atoms with Crippen LogP contribution in [0, 0.1) is 11.8 Å². The van der Waals surface area contributed by atoms with E-state index in [4.69, 9.17) is 11.6 Å². The number of rotatable bonds is 5. The Kier molecular flexibility index (Phi) is 5.19. The first kappa shape index (κ1) is 17.0. The van der Waals surface area contributed by atoms with E-state index in [1.807, 2.05) is 18.2 Å². The van der Waals surface area contributed by atoms with Gasteiger partial charge in [0.1, 0.15) is 0 Å². The SMILES string of the molecule is O=C(CCN1C(=O)[C@H]2CCCC[C@@H]2C1=O)NCc1ccccc1Cl. The number of likely N-dealkylation sites (tertiary alicyclic amines) is 1. The highest BCUT2D eigenvalue weighted by Gasteiger charge is 2.47. The lowest BCUT2D eigenvalue weighted by atomic mass is 9.81. The number of benzene rings is 1. The molecular formula is C18H21ClN2O3. The van der Waals surface area contributed by atoms with Crippen molar-refractivity contribution in [3.8, 4) is 0 Å². The van der Waals surface area contributed by atoms with Crippen LogP contribution in [0.1, 0.15) is 37.7 Å². The normalized spacial score (nSPS) is 23.3. The summed E-state index contributed by atoms with van der Waals surface area (Å²) < 4.78 is 0. The Morgan fingerprint density at radius 1 is 1.12 bits per heavy atom. The second kappa shape index (κ2) is 7.34. The molecule has 1 saturated carbocycles. The minimum absolute atomic E-state index is 0.0939.